The fourth-order valence-corrected chi connectivity index (χ4v) is 10.3. The number of imide groups is 2. The van der Waals surface area contributed by atoms with E-state index in [-0.39, 0.29) is 59.2 Å². The summed E-state index contributed by atoms with van der Waals surface area (Å²) in [7, 11) is -3.36. The van der Waals surface area contributed by atoms with Crippen molar-refractivity contribution in [2.45, 2.75) is 49.7 Å². The van der Waals surface area contributed by atoms with Crippen LogP contribution in [0.15, 0.2) is 102 Å². The molecule has 4 aliphatic rings. The first kappa shape index (κ1) is 48.2. The molecular formula is C52H56N6O11S. The van der Waals surface area contributed by atoms with Crippen molar-refractivity contribution < 1.29 is 51.7 Å². The molecule has 0 spiro atoms. The first-order valence-electron chi connectivity index (χ1n) is 23.5. The zero-order valence-corrected chi connectivity index (χ0v) is 40.2. The third-order valence-corrected chi connectivity index (χ3v) is 14.8. The number of sulfone groups is 1. The van der Waals surface area contributed by atoms with Gasteiger partial charge in [0.2, 0.25) is 17.7 Å². The van der Waals surface area contributed by atoms with E-state index in [9.17, 15) is 37.5 Å². The van der Waals surface area contributed by atoms with Crippen molar-refractivity contribution >= 4 is 55.8 Å². The molecule has 70 heavy (non-hydrogen) atoms. The standard InChI is InChI=1S/C52H56N6O11S/c1-33-31-57(25-27-68-39-9-11-40(12-10-39)69-49-42(15-6-36-28-38(59)8-17-43(36)49)35-4-13-41(14-5-35)70(3,65)66)34(2)30-56(33)24-26-67-32-48(61)55-22-20-54(21-23-55)37-7-16-44-45(29-37)52(64)58(51(44)63)46-18-19-47(60)53-50(46)62/h4-17,28-29,33-34,46,59H,18-27,30-32H2,1-3H3,(H,53,60,62)/t33-,34+,46?/m0/s1. The van der Waals surface area contributed by atoms with E-state index in [1.165, 1.54) is 6.26 Å². The number of nitrogens with zero attached hydrogens (tertiary/aromatic N) is 5. The van der Waals surface area contributed by atoms with Crippen molar-refractivity contribution in [1.82, 2.24) is 24.9 Å². The van der Waals surface area contributed by atoms with Gasteiger partial charge in [-0.2, -0.15) is 0 Å². The normalized spacial score (nSPS) is 20.2. The van der Waals surface area contributed by atoms with E-state index in [0.29, 0.717) is 63.2 Å². The van der Waals surface area contributed by atoms with Crippen LogP contribution in [-0.2, 0) is 29.0 Å². The summed E-state index contributed by atoms with van der Waals surface area (Å²) in [5.74, 6) is -0.240. The van der Waals surface area contributed by atoms with Gasteiger partial charge in [0, 0.05) is 93.8 Å². The minimum atomic E-state index is -3.36. The number of phenols is 1. The number of phenolic OH excluding ortho intramolecular Hbond substituents is 1. The summed E-state index contributed by atoms with van der Waals surface area (Å²) in [6.07, 6.45) is 1.33. The number of piperazine rings is 2. The third kappa shape index (κ3) is 10.4. The van der Waals surface area contributed by atoms with Crippen LogP contribution in [0.1, 0.15) is 47.4 Å². The molecule has 0 bridgehead atoms. The highest BCUT2D eigenvalue weighted by atomic mass is 32.2. The van der Waals surface area contributed by atoms with Crippen molar-refractivity contribution in [2.24, 2.45) is 0 Å². The SMILES string of the molecule is C[C@@H]1CN(CCOCC(=O)N2CCN(c3ccc4c(c3)C(=O)N(C3CCC(=O)NC3=O)C4=O)CC2)[C@@H](C)CN1CCOc1ccc(Oc2c(-c3ccc(S(C)(=O)=O)cc3)ccc3cc(O)ccc23)cc1. The Morgan fingerprint density at radius 1 is 0.743 bits per heavy atom. The molecule has 1 unspecified atom stereocenters. The summed E-state index contributed by atoms with van der Waals surface area (Å²) in [5, 5.41) is 13.9. The van der Waals surface area contributed by atoms with Gasteiger partial charge in [-0.05, 0) is 110 Å². The number of carbonyl (C=O) groups is 5. The monoisotopic (exact) mass is 972 g/mol. The number of piperidine rings is 1. The van der Waals surface area contributed by atoms with Crippen LogP contribution in [-0.4, -0.2) is 159 Å². The largest absolute Gasteiger partial charge is 0.508 e. The van der Waals surface area contributed by atoms with E-state index in [1.807, 2.05) is 36.4 Å². The molecule has 2 N–H and O–H groups in total. The van der Waals surface area contributed by atoms with Crippen molar-refractivity contribution in [3.63, 3.8) is 0 Å². The molecule has 0 saturated carbocycles. The van der Waals surface area contributed by atoms with Crippen LogP contribution < -0.4 is 19.7 Å². The topological polar surface area (TPSA) is 196 Å². The van der Waals surface area contributed by atoms with E-state index in [0.717, 1.165) is 52.1 Å². The summed E-state index contributed by atoms with van der Waals surface area (Å²) >= 11 is 0. The summed E-state index contributed by atoms with van der Waals surface area (Å²) in [5.41, 5.74) is 2.76. The Labute approximate surface area is 406 Å². The highest BCUT2D eigenvalue weighted by molar-refractivity contribution is 7.90. The summed E-state index contributed by atoms with van der Waals surface area (Å²) < 4.78 is 42.8. The summed E-state index contributed by atoms with van der Waals surface area (Å²) in [6, 6.07) is 27.6. The van der Waals surface area contributed by atoms with Crippen LogP contribution in [0.4, 0.5) is 5.69 Å². The van der Waals surface area contributed by atoms with Crippen LogP contribution in [0.5, 0.6) is 23.0 Å². The number of rotatable bonds is 15. The summed E-state index contributed by atoms with van der Waals surface area (Å²) in [6.45, 7) is 10.5. The number of benzene rings is 5. The number of carbonyl (C=O) groups excluding carboxylic acids is 5. The molecule has 5 aromatic rings. The number of hydrogen-bond donors (Lipinski definition) is 2. The number of hydrogen-bond acceptors (Lipinski definition) is 14. The molecule has 0 aliphatic carbocycles. The lowest BCUT2D eigenvalue weighted by Crippen LogP contribution is -2.57. The molecule has 3 fully saturated rings. The Hall–Kier alpha value is -6.86. The quantitative estimate of drug-likeness (QED) is 0.106. The van der Waals surface area contributed by atoms with Gasteiger partial charge in [0.25, 0.3) is 11.8 Å². The average Bonchev–Trinajstić information content (AvgIpc) is 3.59. The minimum absolute atomic E-state index is 0.0149. The highest BCUT2D eigenvalue weighted by Crippen LogP contribution is 2.41. The van der Waals surface area contributed by atoms with Crippen molar-refractivity contribution in [1.29, 1.82) is 0 Å². The van der Waals surface area contributed by atoms with E-state index < -0.39 is 39.5 Å². The van der Waals surface area contributed by atoms with Gasteiger partial charge in [0.05, 0.1) is 22.6 Å². The first-order chi connectivity index (χ1) is 33.6. The van der Waals surface area contributed by atoms with Gasteiger partial charge in [-0.25, -0.2) is 8.42 Å². The van der Waals surface area contributed by atoms with Gasteiger partial charge in [-0.15, -0.1) is 0 Å². The number of nitrogens with one attached hydrogen (secondary N) is 1. The molecule has 3 atom stereocenters. The number of ether oxygens (including phenoxy) is 3. The van der Waals surface area contributed by atoms with Crippen molar-refractivity contribution in [3.8, 4) is 34.1 Å². The van der Waals surface area contributed by atoms with E-state index >= 15 is 0 Å². The maximum absolute atomic E-state index is 13.3. The second kappa shape index (κ2) is 20.2. The van der Waals surface area contributed by atoms with Crippen LogP contribution in [0.25, 0.3) is 21.9 Å². The molecule has 4 aliphatic heterocycles. The molecule has 0 radical (unpaired) electrons. The van der Waals surface area contributed by atoms with E-state index in [2.05, 4.69) is 33.9 Å². The fraction of sp³-hybridized carbons (Fsp3) is 0.365. The smallest absolute Gasteiger partial charge is 0.262 e. The molecule has 17 nitrogen and oxygen atoms in total. The zero-order valence-electron chi connectivity index (χ0n) is 39.3. The maximum atomic E-state index is 13.3. The molecule has 4 heterocycles. The fourth-order valence-electron chi connectivity index (χ4n) is 9.71. The molecule has 366 valence electrons. The maximum Gasteiger partial charge on any atom is 0.262 e. The van der Waals surface area contributed by atoms with Gasteiger partial charge < -0.3 is 29.1 Å². The predicted molar refractivity (Wildman–Crippen MR) is 261 cm³/mol. The van der Waals surface area contributed by atoms with Crippen molar-refractivity contribution in [3.05, 3.63) is 108 Å². The van der Waals surface area contributed by atoms with Gasteiger partial charge in [-0.3, -0.25) is 44.0 Å². The first-order valence-corrected chi connectivity index (χ1v) is 25.4. The number of amides is 5. The lowest BCUT2D eigenvalue weighted by atomic mass is 9.99. The molecule has 18 heteroatoms. The molecule has 5 amide bonds. The highest BCUT2D eigenvalue weighted by Gasteiger charge is 2.45. The molecule has 3 saturated heterocycles. The van der Waals surface area contributed by atoms with Gasteiger partial charge >= 0.3 is 0 Å². The number of aromatic hydroxyl groups is 1. The Morgan fingerprint density at radius 2 is 1.40 bits per heavy atom. The number of fused-ring (bicyclic) bond motifs is 2. The Bertz CT molecular complexity index is 2940. The zero-order chi connectivity index (χ0) is 49.3. The minimum Gasteiger partial charge on any atom is -0.508 e. The van der Waals surface area contributed by atoms with Crippen LogP contribution in [0, 0.1) is 0 Å². The van der Waals surface area contributed by atoms with E-state index in [1.54, 1.807) is 65.6 Å². The second-order valence-electron chi connectivity index (χ2n) is 18.4. The average molecular weight is 973 g/mol. The lowest BCUT2D eigenvalue weighted by Gasteiger charge is -2.44. The van der Waals surface area contributed by atoms with Crippen LogP contribution >= 0.6 is 0 Å². The van der Waals surface area contributed by atoms with Crippen LogP contribution in [0.3, 0.4) is 0 Å². The molecule has 0 aromatic heterocycles. The number of anilines is 1. The Kier molecular flexibility index (Phi) is 13.9. The van der Waals surface area contributed by atoms with Gasteiger partial charge in [0.1, 0.15) is 42.3 Å². The summed E-state index contributed by atoms with van der Waals surface area (Å²) in [4.78, 5) is 73.5. The van der Waals surface area contributed by atoms with Gasteiger partial charge in [0.15, 0.2) is 9.84 Å². The third-order valence-electron chi connectivity index (χ3n) is 13.7. The second-order valence-corrected chi connectivity index (χ2v) is 20.4. The molecule has 9 rings (SSSR count). The Balaban J connectivity index is 0.698. The lowest BCUT2D eigenvalue weighted by molar-refractivity contribution is -0.137. The predicted octanol–water partition coefficient (Wildman–Crippen LogP) is 4.95. The van der Waals surface area contributed by atoms with Crippen LogP contribution in [0.2, 0.25) is 0 Å². The van der Waals surface area contributed by atoms with E-state index in [4.69, 9.17) is 14.2 Å². The molecule has 5 aromatic carbocycles. The molecular weight excluding hydrogens is 917 g/mol. The van der Waals surface area contributed by atoms with Gasteiger partial charge in [-0.1, -0.05) is 18.2 Å². The van der Waals surface area contributed by atoms with Crippen molar-refractivity contribution in [2.75, 3.05) is 83.3 Å². The Morgan fingerprint density at radius 3 is 2.09 bits per heavy atom.